The van der Waals surface area contributed by atoms with Crippen molar-refractivity contribution in [2.24, 2.45) is 0 Å². The molecule has 0 amide bonds. The van der Waals surface area contributed by atoms with E-state index in [1.807, 2.05) is 18.3 Å². The molecule has 27 heavy (non-hydrogen) atoms. The number of para-hydroxylation sites is 1. The molecule has 1 fully saturated rings. The number of ether oxygens (including phenoxy) is 1. The predicted octanol–water partition coefficient (Wildman–Crippen LogP) is 4.77. The quantitative estimate of drug-likeness (QED) is 0.711. The Kier molecular flexibility index (Phi) is 5.26. The monoisotopic (exact) mass is 361 g/mol. The molecule has 0 saturated carbocycles. The standard InChI is InChI=1S/C23H27N3O/c1-17-9-11-18(12-10-17)21-14-24-25-23(21)20-7-5-13-26(16-20)15-19-6-3-4-8-22(19)27-2/h3-4,6,8-12,14,20H,5,7,13,15-16H2,1-2H3,(H,24,25). The van der Waals surface area contributed by atoms with Crippen molar-refractivity contribution in [2.75, 3.05) is 20.2 Å². The average Bonchev–Trinajstić information content (AvgIpc) is 3.19. The van der Waals surface area contributed by atoms with E-state index in [2.05, 4.69) is 58.4 Å². The summed E-state index contributed by atoms with van der Waals surface area (Å²) in [6.07, 6.45) is 4.37. The maximum absolute atomic E-state index is 5.53. The Morgan fingerprint density at radius 2 is 1.96 bits per heavy atom. The minimum atomic E-state index is 0.479. The van der Waals surface area contributed by atoms with Crippen molar-refractivity contribution in [2.45, 2.75) is 32.2 Å². The van der Waals surface area contributed by atoms with Crippen LogP contribution in [-0.4, -0.2) is 35.3 Å². The summed E-state index contributed by atoms with van der Waals surface area (Å²) >= 11 is 0. The van der Waals surface area contributed by atoms with Gasteiger partial charge >= 0.3 is 0 Å². The number of H-pyrrole nitrogens is 1. The lowest BCUT2D eigenvalue weighted by molar-refractivity contribution is 0.196. The maximum Gasteiger partial charge on any atom is 0.123 e. The predicted molar refractivity (Wildman–Crippen MR) is 109 cm³/mol. The van der Waals surface area contributed by atoms with Gasteiger partial charge in [0.25, 0.3) is 0 Å². The van der Waals surface area contributed by atoms with E-state index in [9.17, 15) is 0 Å². The van der Waals surface area contributed by atoms with Gasteiger partial charge in [-0.2, -0.15) is 5.10 Å². The summed E-state index contributed by atoms with van der Waals surface area (Å²) in [4.78, 5) is 2.53. The smallest absolute Gasteiger partial charge is 0.123 e. The van der Waals surface area contributed by atoms with Gasteiger partial charge in [0.2, 0.25) is 0 Å². The van der Waals surface area contributed by atoms with Crippen LogP contribution in [-0.2, 0) is 6.54 Å². The third kappa shape index (κ3) is 3.91. The van der Waals surface area contributed by atoms with E-state index in [0.717, 1.165) is 25.4 Å². The first-order chi connectivity index (χ1) is 13.2. The molecular formula is C23H27N3O. The molecule has 4 nitrogen and oxygen atoms in total. The number of piperidine rings is 1. The topological polar surface area (TPSA) is 41.1 Å². The van der Waals surface area contributed by atoms with Gasteiger partial charge in [-0.3, -0.25) is 10.00 Å². The molecule has 0 bridgehead atoms. The molecule has 0 radical (unpaired) electrons. The highest BCUT2D eigenvalue weighted by Gasteiger charge is 2.25. The van der Waals surface area contributed by atoms with Gasteiger partial charge < -0.3 is 4.74 Å². The van der Waals surface area contributed by atoms with Gasteiger partial charge in [-0.1, -0.05) is 48.0 Å². The Morgan fingerprint density at radius 3 is 2.78 bits per heavy atom. The second kappa shape index (κ2) is 7.97. The van der Waals surface area contributed by atoms with Gasteiger partial charge in [-0.15, -0.1) is 0 Å². The number of hydrogen-bond donors (Lipinski definition) is 1. The van der Waals surface area contributed by atoms with E-state index in [4.69, 9.17) is 4.74 Å². The molecule has 0 spiro atoms. The Morgan fingerprint density at radius 1 is 1.15 bits per heavy atom. The molecule has 1 unspecified atom stereocenters. The summed E-state index contributed by atoms with van der Waals surface area (Å²) in [6, 6.07) is 17.0. The van der Waals surface area contributed by atoms with Crippen molar-refractivity contribution in [1.82, 2.24) is 15.1 Å². The van der Waals surface area contributed by atoms with Crippen molar-refractivity contribution in [3.05, 3.63) is 71.5 Å². The summed E-state index contributed by atoms with van der Waals surface area (Å²) in [5, 5.41) is 7.66. The number of rotatable bonds is 5. The SMILES string of the molecule is COc1ccccc1CN1CCCC(c2[nH]ncc2-c2ccc(C)cc2)C1. The molecule has 1 aromatic heterocycles. The zero-order chi connectivity index (χ0) is 18.6. The maximum atomic E-state index is 5.53. The normalized spacial score (nSPS) is 17.8. The van der Waals surface area contributed by atoms with Gasteiger partial charge in [-0.05, 0) is 37.9 Å². The van der Waals surface area contributed by atoms with Crippen LogP contribution in [0.15, 0.2) is 54.7 Å². The molecule has 1 N–H and O–H groups in total. The van der Waals surface area contributed by atoms with E-state index in [1.54, 1.807) is 7.11 Å². The number of aromatic nitrogens is 2. The Labute approximate surface area is 161 Å². The number of likely N-dealkylation sites (tertiary alicyclic amines) is 1. The molecule has 1 atom stereocenters. The van der Waals surface area contributed by atoms with Gasteiger partial charge in [0.1, 0.15) is 5.75 Å². The van der Waals surface area contributed by atoms with Crippen LogP contribution >= 0.6 is 0 Å². The van der Waals surface area contributed by atoms with E-state index >= 15 is 0 Å². The summed E-state index contributed by atoms with van der Waals surface area (Å²) in [5.41, 5.74) is 6.28. The Bertz CT molecular complexity index is 885. The number of methoxy groups -OCH3 is 1. The minimum absolute atomic E-state index is 0.479. The van der Waals surface area contributed by atoms with E-state index < -0.39 is 0 Å². The van der Waals surface area contributed by atoms with Gasteiger partial charge in [0.15, 0.2) is 0 Å². The molecule has 1 aliphatic heterocycles. The van der Waals surface area contributed by atoms with Crippen molar-refractivity contribution in [1.29, 1.82) is 0 Å². The largest absolute Gasteiger partial charge is 0.496 e. The van der Waals surface area contributed by atoms with Crippen molar-refractivity contribution >= 4 is 0 Å². The van der Waals surface area contributed by atoms with Gasteiger partial charge in [0, 0.05) is 35.8 Å². The number of aromatic amines is 1. The lowest BCUT2D eigenvalue weighted by Gasteiger charge is -2.33. The summed E-state index contributed by atoms with van der Waals surface area (Å²) in [7, 11) is 1.75. The lowest BCUT2D eigenvalue weighted by Crippen LogP contribution is -2.34. The molecule has 3 aromatic rings. The number of hydrogen-bond acceptors (Lipinski definition) is 3. The summed E-state index contributed by atoms with van der Waals surface area (Å²) in [5.74, 6) is 1.45. The molecule has 2 aromatic carbocycles. The fourth-order valence-electron chi connectivity index (χ4n) is 4.08. The van der Waals surface area contributed by atoms with Crippen molar-refractivity contribution < 1.29 is 4.74 Å². The second-order valence-corrected chi connectivity index (χ2v) is 7.45. The van der Waals surface area contributed by atoms with E-state index in [1.165, 1.54) is 40.8 Å². The summed E-state index contributed by atoms with van der Waals surface area (Å²) < 4.78 is 5.53. The first-order valence-corrected chi connectivity index (χ1v) is 9.69. The number of nitrogens with one attached hydrogen (secondary N) is 1. The molecule has 4 heteroatoms. The second-order valence-electron chi connectivity index (χ2n) is 7.45. The molecule has 1 saturated heterocycles. The molecule has 2 heterocycles. The van der Waals surface area contributed by atoms with Gasteiger partial charge in [-0.25, -0.2) is 0 Å². The zero-order valence-electron chi connectivity index (χ0n) is 16.1. The number of benzene rings is 2. The summed E-state index contributed by atoms with van der Waals surface area (Å²) in [6.45, 7) is 5.22. The zero-order valence-corrected chi connectivity index (χ0v) is 16.1. The highest BCUT2D eigenvalue weighted by molar-refractivity contribution is 5.66. The Balaban J connectivity index is 1.52. The highest BCUT2D eigenvalue weighted by atomic mass is 16.5. The fourth-order valence-corrected chi connectivity index (χ4v) is 4.08. The van der Waals surface area contributed by atoms with Crippen LogP contribution in [0, 0.1) is 6.92 Å². The first-order valence-electron chi connectivity index (χ1n) is 9.69. The van der Waals surface area contributed by atoms with Crippen LogP contribution in [0.4, 0.5) is 0 Å². The average molecular weight is 361 g/mol. The van der Waals surface area contributed by atoms with Crippen LogP contribution in [0.5, 0.6) is 5.75 Å². The van der Waals surface area contributed by atoms with Gasteiger partial charge in [0.05, 0.1) is 13.3 Å². The molecule has 140 valence electrons. The lowest BCUT2D eigenvalue weighted by atomic mass is 9.90. The molecule has 4 rings (SSSR count). The van der Waals surface area contributed by atoms with Crippen LogP contribution in [0.25, 0.3) is 11.1 Å². The Hall–Kier alpha value is -2.59. The van der Waals surface area contributed by atoms with Crippen molar-refractivity contribution in [3.63, 3.8) is 0 Å². The van der Waals surface area contributed by atoms with Crippen LogP contribution in [0.3, 0.4) is 0 Å². The van der Waals surface area contributed by atoms with E-state index in [-0.39, 0.29) is 0 Å². The minimum Gasteiger partial charge on any atom is -0.496 e. The highest BCUT2D eigenvalue weighted by Crippen LogP contribution is 2.34. The van der Waals surface area contributed by atoms with E-state index in [0.29, 0.717) is 5.92 Å². The third-order valence-corrected chi connectivity index (χ3v) is 5.53. The van der Waals surface area contributed by atoms with Crippen LogP contribution in [0.2, 0.25) is 0 Å². The molecule has 0 aliphatic carbocycles. The number of nitrogens with zero attached hydrogens (tertiary/aromatic N) is 2. The van der Waals surface area contributed by atoms with Crippen LogP contribution in [0.1, 0.15) is 35.6 Å². The third-order valence-electron chi connectivity index (χ3n) is 5.53. The van der Waals surface area contributed by atoms with Crippen LogP contribution < -0.4 is 4.74 Å². The first kappa shape index (κ1) is 17.8. The number of aryl methyl sites for hydroxylation is 1. The molecule has 1 aliphatic rings. The molecular weight excluding hydrogens is 334 g/mol. The fraction of sp³-hybridized carbons (Fsp3) is 0.348. The van der Waals surface area contributed by atoms with Crippen molar-refractivity contribution in [3.8, 4) is 16.9 Å².